The van der Waals surface area contributed by atoms with Crippen molar-refractivity contribution in [3.05, 3.63) is 79.3 Å². The predicted octanol–water partition coefficient (Wildman–Crippen LogP) is 10.9. The first-order chi connectivity index (χ1) is 35.4. The third kappa shape index (κ3) is 8.09. The third-order valence-electron chi connectivity index (χ3n) is 18.4. The number of rotatable bonds is 12. The summed E-state index contributed by atoms with van der Waals surface area (Å²) in [7, 11) is -1.67. The van der Waals surface area contributed by atoms with E-state index in [1.807, 2.05) is 36.6 Å². The first-order valence-corrected chi connectivity index (χ1v) is 30.3. The lowest BCUT2D eigenvalue weighted by atomic mass is 9.88. The van der Waals surface area contributed by atoms with Crippen LogP contribution in [0, 0.1) is 53.4 Å². The molecule has 8 aromatic heterocycles. The fourth-order valence-electron chi connectivity index (χ4n) is 14.1. The van der Waals surface area contributed by atoms with Crippen LogP contribution in [0.3, 0.4) is 0 Å². The predicted molar refractivity (Wildman–Crippen MR) is 305 cm³/mol. The van der Waals surface area contributed by atoms with Gasteiger partial charge in [0.1, 0.15) is 22.3 Å². The van der Waals surface area contributed by atoms with Crippen LogP contribution in [0.1, 0.15) is 142 Å². The molecule has 11 heterocycles. The Morgan fingerprint density at radius 2 is 1.18 bits per heavy atom. The van der Waals surface area contributed by atoms with E-state index < -0.39 is 10.0 Å². The van der Waals surface area contributed by atoms with Crippen LogP contribution in [0.5, 0.6) is 0 Å². The zero-order valence-corrected chi connectivity index (χ0v) is 47.3. The van der Waals surface area contributed by atoms with Crippen LogP contribution < -0.4 is 4.72 Å². The molecule has 398 valence electrons. The van der Waals surface area contributed by atoms with Gasteiger partial charge >= 0.3 is 0 Å². The maximum absolute atomic E-state index is 12.6. The van der Waals surface area contributed by atoms with Crippen LogP contribution in [-0.2, 0) is 14.8 Å². The molecule has 0 aromatic carbocycles. The van der Waals surface area contributed by atoms with Crippen LogP contribution in [0.2, 0.25) is 0 Å². The number of pyridine rings is 2. The molecule has 4 bridgehead atoms. The summed E-state index contributed by atoms with van der Waals surface area (Å²) in [4.78, 5) is 41.7. The summed E-state index contributed by atoms with van der Waals surface area (Å²) in [6.07, 6.45) is 13.4. The molecule has 13 rings (SSSR count). The number of hydrogen-bond acceptors (Lipinski definition) is 11. The van der Waals surface area contributed by atoms with Crippen LogP contribution >= 0.6 is 22.7 Å². The van der Waals surface area contributed by atoms with Gasteiger partial charge in [0.05, 0.1) is 23.7 Å². The highest BCUT2D eigenvalue weighted by atomic mass is 32.2. The summed E-state index contributed by atoms with van der Waals surface area (Å²) >= 11 is 3.90. The van der Waals surface area contributed by atoms with E-state index in [0.29, 0.717) is 66.6 Å². The number of fused-ring (bicyclic) bond motifs is 8. The molecule has 2 saturated carbocycles. The fourth-order valence-corrected chi connectivity index (χ4v) is 17.6. The first kappa shape index (κ1) is 49.9. The van der Waals surface area contributed by atoms with E-state index in [-0.39, 0.29) is 10.0 Å². The van der Waals surface area contributed by atoms with E-state index in [9.17, 15) is 13.2 Å². The normalized spacial score (nSPS) is 23.1. The fraction of sp³-hybridized carbons (Fsp3) is 0.554. The maximum Gasteiger partial charge on any atom is 0.236 e. The largest absolute Gasteiger partial charge is 0.346 e. The van der Waals surface area contributed by atoms with Crippen molar-refractivity contribution in [3.63, 3.8) is 0 Å². The number of thiophene rings is 2. The van der Waals surface area contributed by atoms with Crippen molar-refractivity contribution < 1.29 is 17.5 Å². The zero-order chi connectivity index (χ0) is 51.8. The number of aromatic amines is 2. The van der Waals surface area contributed by atoms with Crippen molar-refractivity contribution in [1.82, 2.24) is 58.6 Å². The molecule has 18 heteroatoms. The van der Waals surface area contributed by atoms with Gasteiger partial charge in [-0.2, -0.15) is 10.2 Å². The molecular formula is C56H78N12O3S3. The molecule has 0 spiro atoms. The van der Waals surface area contributed by atoms with Gasteiger partial charge in [0.15, 0.2) is 11.3 Å². The molecule has 3 aliphatic heterocycles. The zero-order valence-electron chi connectivity index (χ0n) is 44.9. The minimum atomic E-state index is -3.16. The summed E-state index contributed by atoms with van der Waals surface area (Å²) in [5, 5.41) is 11.7. The quantitative estimate of drug-likeness (QED) is 0.108. The van der Waals surface area contributed by atoms with Crippen molar-refractivity contribution in [1.29, 1.82) is 0 Å². The van der Waals surface area contributed by atoms with Gasteiger partial charge in [0.25, 0.3) is 0 Å². The SMILES string of the molecule is CNS(=O)(=O)CCN1CC2CC1C[C@H]2c1sc2[nH]c(-c3cn4ncnc4c(C)c3C)c(C(C)C)c2c1C.Cc1c(-c2[nH]c3sc([C@@H]4CC5CC4CN5CC(=O)N4CCC4)c(C)c3c2C(C)C)cn2ncnc2c1C.[HH].[HH].[HH]. The van der Waals surface area contributed by atoms with Gasteiger partial charge in [-0.25, -0.2) is 32.1 Å². The Labute approximate surface area is 447 Å². The van der Waals surface area contributed by atoms with Crippen molar-refractivity contribution >= 4 is 70.3 Å². The number of nitrogens with one attached hydrogen (secondary N) is 3. The Balaban J connectivity index is 0.000000181. The maximum atomic E-state index is 12.6. The summed E-state index contributed by atoms with van der Waals surface area (Å²) in [5.41, 5.74) is 17.2. The summed E-state index contributed by atoms with van der Waals surface area (Å²) in [6, 6.07) is 1.04. The number of aryl methyl sites for hydroxylation is 4. The standard InChI is InChI=1S/C29H36N6OS.C27H36N6O2S2.3H2/c1-15(2)24-25-18(5)27(21-10-20-9-19(21)11-34(20)13-23(36)33-7-6-8-33)37-29(25)32-26(24)22-12-35-28(30-14-31-35)17(4)16(22)3;1-14(2)22-23-17(5)25(20-10-19-9-18(20)11-32(19)7-8-37(34,35)28-6)36-27(23)31-24(22)21-12-33-26(29-13-30-33)16(4)15(21)3;;;/h12,14-15,19-21,32H,6-11,13H2,1-5H3;12-14,18-20,28,31H,7-11H2,1-6H3;3*1H/t19?,20?,21-;18?,19?,20-;;;/m11.../s1. The van der Waals surface area contributed by atoms with E-state index in [1.165, 1.54) is 120 Å². The molecule has 15 nitrogen and oxygen atoms in total. The van der Waals surface area contributed by atoms with Gasteiger partial charge in [-0.1, -0.05) is 27.7 Å². The van der Waals surface area contributed by atoms with Gasteiger partial charge in [-0.05, 0) is 161 Å². The van der Waals surface area contributed by atoms with E-state index >= 15 is 0 Å². The van der Waals surface area contributed by atoms with E-state index in [0.717, 1.165) is 49.5 Å². The summed E-state index contributed by atoms with van der Waals surface area (Å²) in [6.45, 7) is 27.7. The second kappa shape index (κ2) is 18.6. The second-order valence-electron chi connectivity index (χ2n) is 23.0. The Hall–Kier alpha value is -4.98. The topological polar surface area (TPSA) is 165 Å². The van der Waals surface area contributed by atoms with Crippen molar-refractivity contribution in [2.75, 3.05) is 52.1 Å². The van der Waals surface area contributed by atoms with Crippen LogP contribution in [0.4, 0.5) is 0 Å². The van der Waals surface area contributed by atoms with Gasteiger partial charge in [0, 0.05) is 93.1 Å². The number of piperidine rings is 2. The Morgan fingerprint density at radius 3 is 1.58 bits per heavy atom. The number of amides is 1. The Morgan fingerprint density at radius 1 is 0.703 bits per heavy atom. The van der Waals surface area contributed by atoms with Crippen LogP contribution in [-0.4, -0.2) is 132 Å². The van der Waals surface area contributed by atoms with Gasteiger partial charge in [0.2, 0.25) is 15.9 Å². The van der Waals surface area contributed by atoms with Crippen LogP contribution in [0.25, 0.3) is 54.2 Å². The smallest absolute Gasteiger partial charge is 0.236 e. The number of sulfonamides is 1. The van der Waals surface area contributed by atoms with Gasteiger partial charge in [-0.3, -0.25) is 14.6 Å². The minimum absolute atomic E-state index is 0. The number of likely N-dealkylation sites (tertiary alicyclic amines) is 3. The molecule has 1 amide bonds. The lowest BCUT2D eigenvalue weighted by Gasteiger charge is -2.35. The first-order valence-electron chi connectivity index (χ1n) is 27.0. The average Bonchev–Trinajstić information content (AvgIpc) is 4.24. The Kier molecular flexibility index (Phi) is 12.6. The molecule has 74 heavy (non-hydrogen) atoms. The lowest BCUT2D eigenvalue weighted by molar-refractivity contribution is -0.136. The third-order valence-corrected chi connectivity index (χ3v) is 22.4. The van der Waals surface area contributed by atoms with Crippen molar-refractivity contribution in [2.45, 2.75) is 137 Å². The van der Waals surface area contributed by atoms with E-state index in [1.54, 1.807) is 17.5 Å². The van der Waals surface area contributed by atoms with Gasteiger partial charge in [-0.15, -0.1) is 22.7 Å². The molecular weight excluding hydrogens is 985 g/mol. The molecule has 3 N–H and O–H groups in total. The number of aromatic nitrogens is 8. The lowest BCUT2D eigenvalue weighted by Crippen LogP contribution is -2.49. The molecule has 5 fully saturated rings. The number of nitrogens with zero attached hydrogens (tertiary/aromatic N) is 9. The highest BCUT2D eigenvalue weighted by Gasteiger charge is 2.48. The molecule has 2 aliphatic carbocycles. The van der Waals surface area contributed by atoms with Gasteiger partial charge < -0.3 is 14.9 Å². The number of carbonyl (C=O) groups is 1. The van der Waals surface area contributed by atoms with E-state index in [4.69, 9.17) is 0 Å². The monoisotopic (exact) mass is 1060 g/mol. The summed E-state index contributed by atoms with van der Waals surface area (Å²) < 4.78 is 30.1. The van der Waals surface area contributed by atoms with Crippen molar-refractivity contribution in [3.8, 4) is 22.5 Å². The Bertz CT molecular complexity index is 3640. The van der Waals surface area contributed by atoms with E-state index in [2.05, 4.69) is 126 Å². The highest BCUT2D eigenvalue weighted by Crippen LogP contribution is 2.55. The number of carbonyl (C=O) groups excluding carboxylic acids is 1. The summed E-state index contributed by atoms with van der Waals surface area (Å²) in [5.74, 6) is 3.73. The minimum Gasteiger partial charge on any atom is -0.346 e. The van der Waals surface area contributed by atoms with Crippen LogP contribution in [0.15, 0.2) is 25.0 Å². The molecule has 6 atom stereocenters. The molecule has 4 unspecified atom stereocenters. The molecule has 5 aliphatic rings. The average molecular weight is 1060 g/mol. The second-order valence-corrected chi connectivity index (χ2v) is 27.2. The number of H-pyrrole nitrogens is 2. The molecule has 0 radical (unpaired) electrons. The number of hydrogen-bond donors (Lipinski definition) is 3. The highest BCUT2D eigenvalue weighted by molar-refractivity contribution is 7.89. The molecule has 3 saturated heterocycles. The van der Waals surface area contributed by atoms with Crippen molar-refractivity contribution in [2.24, 2.45) is 11.8 Å². The molecule has 8 aromatic rings.